The molecule has 0 fully saturated rings. The zero-order valence-corrected chi connectivity index (χ0v) is 12.2. The smallest absolute Gasteiger partial charge is 0.306 e. The molecule has 0 N–H and O–H groups in total. The van der Waals surface area contributed by atoms with Crippen molar-refractivity contribution in [2.24, 2.45) is 0 Å². The van der Waals surface area contributed by atoms with Gasteiger partial charge in [-0.3, -0.25) is 9.59 Å². The van der Waals surface area contributed by atoms with Crippen LogP contribution < -0.4 is 0 Å². The highest BCUT2D eigenvalue weighted by Gasteiger charge is 2.13. The summed E-state index contributed by atoms with van der Waals surface area (Å²) in [5.74, 6) is -0.360. The van der Waals surface area contributed by atoms with Crippen LogP contribution in [0.15, 0.2) is 24.3 Å². The molecular formula is C16H22O4. The van der Waals surface area contributed by atoms with Crippen LogP contribution in [0, 0.1) is 0 Å². The second kappa shape index (κ2) is 9.26. The molecule has 0 amide bonds. The van der Waals surface area contributed by atoms with Gasteiger partial charge in [0.05, 0.1) is 19.6 Å². The van der Waals surface area contributed by atoms with Crippen molar-refractivity contribution in [3.05, 3.63) is 35.4 Å². The van der Waals surface area contributed by atoms with Gasteiger partial charge in [-0.25, -0.2) is 0 Å². The van der Waals surface area contributed by atoms with Gasteiger partial charge in [0.1, 0.15) is 0 Å². The minimum atomic E-state index is -0.309. The van der Waals surface area contributed by atoms with Crippen LogP contribution in [0.4, 0.5) is 0 Å². The summed E-state index contributed by atoms with van der Waals surface area (Å²) in [5.41, 5.74) is 1.47. The quantitative estimate of drug-likeness (QED) is 0.395. The third kappa shape index (κ3) is 5.53. The predicted molar refractivity (Wildman–Crippen MR) is 76.6 cm³/mol. The molecule has 0 aliphatic rings. The molecule has 4 heteroatoms. The van der Waals surface area contributed by atoms with Crippen LogP contribution in [0.3, 0.4) is 0 Å². The Morgan fingerprint density at radius 3 is 2.60 bits per heavy atom. The Balaban J connectivity index is 2.48. The SMILES string of the molecule is CCCCOC(=O)CCC(=O)c1ccccc1COC. The molecule has 0 saturated heterocycles. The predicted octanol–water partition coefficient (Wildman–Crippen LogP) is 3.14. The molecule has 0 radical (unpaired) electrons. The highest BCUT2D eigenvalue weighted by atomic mass is 16.5. The maximum Gasteiger partial charge on any atom is 0.306 e. The van der Waals surface area contributed by atoms with Gasteiger partial charge in [0.2, 0.25) is 0 Å². The number of carbonyl (C=O) groups is 2. The second-order valence-corrected chi connectivity index (χ2v) is 4.59. The first-order valence-corrected chi connectivity index (χ1v) is 6.94. The monoisotopic (exact) mass is 278 g/mol. The third-order valence-corrected chi connectivity index (χ3v) is 2.93. The Morgan fingerprint density at radius 2 is 1.90 bits per heavy atom. The fourth-order valence-corrected chi connectivity index (χ4v) is 1.83. The summed E-state index contributed by atoms with van der Waals surface area (Å²) in [4.78, 5) is 23.6. The van der Waals surface area contributed by atoms with Gasteiger partial charge in [0, 0.05) is 19.1 Å². The minimum absolute atomic E-state index is 0.0508. The summed E-state index contributed by atoms with van der Waals surface area (Å²) >= 11 is 0. The van der Waals surface area contributed by atoms with E-state index in [2.05, 4.69) is 0 Å². The van der Waals surface area contributed by atoms with Gasteiger partial charge < -0.3 is 9.47 Å². The number of rotatable bonds is 9. The molecule has 0 atom stereocenters. The highest BCUT2D eigenvalue weighted by molar-refractivity contribution is 5.98. The van der Waals surface area contributed by atoms with Crippen LogP contribution in [-0.4, -0.2) is 25.5 Å². The van der Waals surface area contributed by atoms with E-state index in [9.17, 15) is 9.59 Å². The number of hydrogen-bond donors (Lipinski definition) is 0. The Kier molecular flexibility index (Phi) is 7.58. The third-order valence-electron chi connectivity index (χ3n) is 2.93. The van der Waals surface area contributed by atoms with Crippen molar-refractivity contribution in [3.63, 3.8) is 0 Å². The van der Waals surface area contributed by atoms with E-state index in [1.807, 2.05) is 25.1 Å². The summed E-state index contributed by atoms with van der Waals surface area (Å²) in [5, 5.41) is 0. The molecule has 0 bridgehead atoms. The van der Waals surface area contributed by atoms with Crippen molar-refractivity contribution in [1.29, 1.82) is 0 Å². The van der Waals surface area contributed by atoms with Crippen LogP contribution in [0.2, 0.25) is 0 Å². The number of methoxy groups -OCH3 is 1. The van der Waals surface area contributed by atoms with Crippen molar-refractivity contribution in [3.8, 4) is 0 Å². The number of esters is 1. The van der Waals surface area contributed by atoms with Crippen molar-refractivity contribution >= 4 is 11.8 Å². The summed E-state index contributed by atoms with van der Waals surface area (Å²) in [7, 11) is 1.59. The Hall–Kier alpha value is -1.68. The lowest BCUT2D eigenvalue weighted by atomic mass is 10.0. The van der Waals surface area contributed by atoms with E-state index in [0.29, 0.717) is 18.8 Å². The van der Waals surface area contributed by atoms with Crippen LogP contribution in [0.25, 0.3) is 0 Å². The molecule has 0 aromatic heterocycles. The minimum Gasteiger partial charge on any atom is -0.466 e. The van der Waals surface area contributed by atoms with E-state index in [1.165, 1.54) is 0 Å². The van der Waals surface area contributed by atoms with Crippen LogP contribution in [0.5, 0.6) is 0 Å². The number of unbranched alkanes of at least 4 members (excludes halogenated alkanes) is 1. The molecule has 0 aliphatic carbocycles. The lowest BCUT2D eigenvalue weighted by molar-refractivity contribution is -0.143. The number of hydrogen-bond acceptors (Lipinski definition) is 4. The van der Waals surface area contributed by atoms with Gasteiger partial charge >= 0.3 is 5.97 Å². The topological polar surface area (TPSA) is 52.6 Å². The van der Waals surface area contributed by atoms with E-state index in [4.69, 9.17) is 9.47 Å². The van der Waals surface area contributed by atoms with E-state index in [1.54, 1.807) is 13.2 Å². The van der Waals surface area contributed by atoms with Crippen LogP contribution in [-0.2, 0) is 20.9 Å². The summed E-state index contributed by atoms with van der Waals surface area (Å²) < 4.78 is 10.1. The molecule has 1 aromatic carbocycles. The summed E-state index contributed by atoms with van der Waals surface area (Å²) in [6.07, 6.45) is 2.14. The Bertz CT molecular complexity index is 440. The lowest BCUT2D eigenvalue weighted by Crippen LogP contribution is -2.10. The largest absolute Gasteiger partial charge is 0.466 e. The van der Waals surface area contributed by atoms with E-state index < -0.39 is 0 Å². The number of benzene rings is 1. The van der Waals surface area contributed by atoms with Crippen molar-refractivity contribution in [2.75, 3.05) is 13.7 Å². The molecule has 0 aliphatic heterocycles. The van der Waals surface area contributed by atoms with Gasteiger partial charge in [-0.05, 0) is 12.0 Å². The fourth-order valence-electron chi connectivity index (χ4n) is 1.83. The second-order valence-electron chi connectivity index (χ2n) is 4.59. The van der Waals surface area contributed by atoms with Crippen LogP contribution >= 0.6 is 0 Å². The maximum atomic E-state index is 12.1. The van der Waals surface area contributed by atoms with Crippen LogP contribution in [0.1, 0.15) is 48.5 Å². The van der Waals surface area contributed by atoms with E-state index >= 15 is 0 Å². The number of ketones is 1. The Labute approximate surface area is 120 Å². The molecule has 0 heterocycles. The van der Waals surface area contributed by atoms with Crippen molar-refractivity contribution in [1.82, 2.24) is 0 Å². The summed E-state index contributed by atoms with van der Waals surface area (Å²) in [6, 6.07) is 7.30. The molecule has 1 aromatic rings. The Morgan fingerprint density at radius 1 is 1.15 bits per heavy atom. The standard InChI is InChI=1S/C16H22O4/c1-3-4-11-20-16(18)10-9-15(17)14-8-6-5-7-13(14)12-19-2/h5-8H,3-4,9-12H2,1-2H3. The number of Topliss-reactive ketones (excluding diaryl/α,β-unsaturated/α-hetero) is 1. The lowest BCUT2D eigenvalue weighted by Gasteiger charge is -2.08. The van der Waals surface area contributed by atoms with Crippen molar-refractivity contribution in [2.45, 2.75) is 39.2 Å². The normalized spacial score (nSPS) is 10.3. The average Bonchev–Trinajstić information content (AvgIpc) is 2.46. The summed E-state index contributed by atoms with van der Waals surface area (Å²) in [6.45, 7) is 2.86. The molecule has 110 valence electrons. The maximum absolute atomic E-state index is 12.1. The van der Waals surface area contributed by atoms with Gasteiger partial charge in [0.15, 0.2) is 5.78 Å². The van der Waals surface area contributed by atoms with Gasteiger partial charge in [-0.15, -0.1) is 0 Å². The fraction of sp³-hybridized carbons (Fsp3) is 0.500. The van der Waals surface area contributed by atoms with E-state index in [-0.39, 0.29) is 24.6 Å². The van der Waals surface area contributed by atoms with Gasteiger partial charge in [-0.1, -0.05) is 37.6 Å². The first kappa shape index (κ1) is 16.4. The first-order chi connectivity index (χ1) is 9.69. The zero-order valence-electron chi connectivity index (χ0n) is 12.2. The van der Waals surface area contributed by atoms with E-state index in [0.717, 1.165) is 18.4 Å². The molecule has 0 saturated carbocycles. The molecule has 1 rings (SSSR count). The van der Waals surface area contributed by atoms with Gasteiger partial charge in [-0.2, -0.15) is 0 Å². The molecule has 4 nitrogen and oxygen atoms in total. The first-order valence-electron chi connectivity index (χ1n) is 6.94. The molecular weight excluding hydrogens is 256 g/mol. The van der Waals surface area contributed by atoms with Gasteiger partial charge in [0.25, 0.3) is 0 Å². The zero-order chi connectivity index (χ0) is 14.8. The molecule has 0 spiro atoms. The molecule has 0 unspecified atom stereocenters. The number of ether oxygens (including phenoxy) is 2. The van der Waals surface area contributed by atoms with Crippen molar-refractivity contribution < 1.29 is 19.1 Å². The molecule has 20 heavy (non-hydrogen) atoms. The number of carbonyl (C=O) groups excluding carboxylic acids is 2. The average molecular weight is 278 g/mol. The highest BCUT2D eigenvalue weighted by Crippen LogP contribution is 2.13.